The van der Waals surface area contributed by atoms with Crippen LogP contribution in [0.25, 0.3) is 27.8 Å². The van der Waals surface area contributed by atoms with Crippen LogP contribution in [0.2, 0.25) is 0 Å². The standard InChI is InChI=1S/C31H33N9O.C2HF3O2/c1-2-4-25-22(3-1)5-7-26(35-25)24-19-39(20-24)29-21-40-27(18-34-30(31(40)36-29)38-13-15-41-16-14-38)23-6-8-28(33-17-23)37-11-9-32-10-12-37;3-2(4,5)1(6)7/h1-8,17-18,21,24,32H,9-16,19-20H2;(H,6,7). The molecule has 250 valence electrons. The van der Waals surface area contributed by atoms with Crippen molar-refractivity contribution >= 4 is 40.0 Å². The lowest BCUT2D eigenvalue weighted by atomic mass is 9.95. The number of halogens is 3. The Morgan fingerprint density at radius 2 is 1.60 bits per heavy atom. The fourth-order valence-electron chi connectivity index (χ4n) is 6.10. The van der Waals surface area contributed by atoms with Crippen LogP contribution in [-0.2, 0) is 9.53 Å². The summed E-state index contributed by atoms with van der Waals surface area (Å²) < 4.78 is 39.5. The maximum atomic E-state index is 10.6. The lowest BCUT2D eigenvalue weighted by Crippen LogP contribution is -2.45. The first kappa shape index (κ1) is 31.6. The number of ether oxygens (including phenoxy) is 1. The summed E-state index contributed by atoms with van der Waals surface area (Å²) in [5.41, 5.74) is 5.09. The van der Waals surface area contributed by atoms with Crippen molar-refractivity contribution in [2.75, 3.05) is 80.3 Å². The number of anilines is 3. The molecule has 2 N–H and O–H groups in total. The molecule has 5 aromatic rings. The minimum Gasteiger partial charge on any atom is -0.475 e. The van der Waals surface area contributed by atoms with Crippen molar-refractivity contribution in [2.45, 2.75) is 12.1 Å². The van der Waals surface area contributed by atoms with Gasteiger partial charge in [-0.3, -0.25) is 9.38 Å². The Balaban J connectivity index is 0.000000473. The number of piperazine rings is 1. The second kappa shape index (κ2) is 13.2. The summed E-state index contributed by atoms with van der Waals surface area (Å²) in [5.74, 6) is 0.526. The van der Waals surface area contributed by atoms with Crippen LogP contribution in [0, 0.1) is 0 Å². The van der Waals surface area contributed by atoms with Crippen LogP contribution in [0.3, 0.4) is 0 Å². The molecule has 0 atom stereocenters. The van der Waals surface area contributed by atoms with E-state index in [1.165, 1.54) is 5.39 Å². The van der Waals surface area contributed by atoms with E-state index in [-0.39, 0.29) is 0 Å². The number of rotatable bonds is 5. The maximum Gasteiger partial charge on any atom is 0.490 e. The molecule has 0 radical (unpaired) electrons. The number of pyridine rings is 2. The highest BCUT2D eigenvalue weighted by atomic mass is 19.4. The summed E-state index contributed by atoms with van der Waals surface area (Å²) in [6.07, 6.45) is 1.00. The number of fused-ring (bicyclic) bond motifs is 2. The lowest BCUT2D eigenvalue weighted by Gasteiger charge is -2.39. The molecule has 3 saturated heterocycles. The first-order valence-corrected chi connectivity index (χ1v) is 15.8. The maximum absolute atomic E-state index is 10.6. The molecule has 4 aromatic heterocycles. The molecule has 3 aliphatic rings. The third-order valence-electron chi connectivity index (χ3n) is 8.74. The summed E-state index contributed by atoms with van der Waals surface area (Å²) in [6.45, 7) is 8.74. The molecule has 0 unspecified atom stereocenters. The number of nitrogens with zero attached hydrogens (tertiary/aromatic N) is 8. The zero-order valence-corrected chi connectivity index (χ0v) is 26.0. The van der Waals surface area contributed by atoms with E-state index in [1.54, 1.807) is 0 Å². The van der Waals surface area contributed by atoms with Gasteiger partial charge in [0.15, 0.2) is 11.5 Å². The number of para-hydroxylation sites is 1. The van der Waals surface area contributed by atoms with Crippen LogP contribution in [0.5, 0.6) is 0 Å². The van der Waals surface area contributed by atoms with Gasteiger partial charge in [-0.25, -0.2) is 19.7 Å². The largest absolute Gasteiger partial charge is 0.490 e. The number of nitrogens with one attached hydrogen (secondary N) is 1. The monoisotopic (exact) mass is 661 g/mol. The summed E-state index contributed by atoms with van der Waals surface area (Å²) in [7, 11) is 0. The Kier molecular flexibility index (Phi) is 8.71. The minimum absolute atomic E-state index is 0.391. The highest BCUT2D eigenvalue weighted by Crippen LogP contribution is 2.34. The van der Waals surface area contributed by atoms with Crippen LogP contribution >= 0.6 is 0 Å². The first-order chi connectivity index (χ1) is 23.2. The number of carbonyl (C=O) groups is 1. The van der Waals surface area contributed by atoms with Crippen LogP contribution in [0.4, 0.5) is 30.6 Å². The van der Waals surface area contributed by atoms with E-state index in [2.05, 4.69) is 79.1 Å². The summed E-state index contributed by atoms with van der Waals surface area (Å²) in [6, 6.07) is 16.9. The smallest absolute Gasteiger partial charge is 0.475 e. The van der Waals surface area contributed by atoms with Crippen LogP contribution in [0.1, 0.15) is 11.6 Å². The number of hydrogen-bond acceptors (Lipinski definition) is 10. The average Bonchev–Trinajstić information content (AvgIpc) is 3.53. The fourth-order valence-corrected chi connectivity index (χ4v) is 6.10. The molecule has 3 fully saturated rings. The molecular weight excluding hydrogens is 627 g/mol. The Bertz CT molecular complexity index is 1900. The van der Waals surface area contributed by atoms with Crippen molar-refractivity contribution in [1.29, 1.82) is 0 Å². The van der Waals surface area contributed by atoms with E-state index in [0.29, 0.717) is 19.1 Å². The molecular formula is C33H34F3N9O3. The number of imidazole rings is 1. The summed E-state index contributed by atoms with van der Waals surface area (Å²) in [5, 5.41) is 11.7. The van der Waals surface area contributed by atoms with Crippen molar-refractivity contribution in [3.8, 4) is 11.3 Å². The Morgan fingerprint density at radius 3 is 2.31 bits per heavy atom. The summed E-state index contributed by atoms with van der Waals surface area (Å²) in [4.78, 5) is 35.7. The van der Waals surface area contributed by atoms with E-state index in [4.69, 9.17) is 34.6 Å². The van der Waals surface area contributed by atoms with Crippen molar-refractivity contribution in [3.05, 3.63) is 72.8 Å². The van der Waals surface area contributed by atoms with Crippen molar-refractivity contribution in [3.63, 3.8) is 0 Å². The Labute approximate surface area is 273 Å². The van der Waals surface area contributed by atoms with Gasteiger partial charge in [-0.05, 0) is 24.3 Å². The molecule has 8 rings (SSSR count). The van der Waals surface area contributed by atoms with Gasteiger partial charge >= 0.3 is 12.1 Å². The summed E-state index contributed by atoms with van der Waals surface area (Å²) >= 11 is 0. The molecule has 7 heterocycles. The molecule has 3 aliphatic heterocycles. The van der Waals surface area contributed by atoms with Gasteiger partial charge in [-0.2, -0.15) is 13.2 Å². The lowest BCUT2D eigenvalue weighted by molar-refractivity contribution is -0.192. The second-order valence-corrected chi connectivity index (χ2v) is 11.8. The number of carboxylic acid groups (broad SMARTS) is 1. The molecule has 15 heteroatoms. The Morgan fingerprint density at radius 1 is 0.854 bits per heavy atom. The topological polar surface area (TPSA) is 124 Å². The third-order valence-corrected chi connectivity index (χ3v) is 8.74. The molecule has 0 bridgehead atoms. The number of morpholine rings is 1. The quantitative estimate of drug-likeness (QED) is 0.286. The van der Waals surface area contributed by atoms with Gasteiger partial charge < -0.3 is 29.9 Å². The van der Waals surface area contributed by atoms with Crippen molar-refractivity contribution < 1.29 is 27.8 Å². The number of aromatic nitrogens is 5. The third kappa shape index (κ3) is 6.55. The first-order valence-electron chi connectivity index (χ1n) is 15.8. The molecule has 0 aliphatic carbocycles. The molecule has 12 nitrogen and oxygen atoms in total. The zero-order valence-electron chi connectivity index (χ0n) is 26.0. The number of benzene rings is 1. The van der Waals surface area contributed by atoms with Crippen molar-refractivity contribution in [1.82, 2.24) is 29.7 Å². The fraction of sp³-hybridized carbons (Fsp3) is 0.364. The Hall–Kier alpha value is -5.02. The number of hydrogen-bond donors (Lipinski definition) is 2. The molecule has 0 saturated carbocycles. The average molecular weight is 662 g/mol. The predicted molar refractivity (Wildman–Crippen MR) is 175 cm³/mol. The van der Waals surface area contributed by atoms with E-state index >= 15 is 0 Å². The normalized spacial score (nSPS) is 17.3. The second-order valence-electron chi connectivity index (χ2n) is 11.8. The highest BCUT2D eigenvalue weighted by molar-refractivity contribution is 5.79. The van der Waals surface area contributed by atoms with Crippen molar-refractivity contribution in [2.24, 2.45) is 0 Å². The molecule has 0 spiro atoms. The van der Waals surface area contributed by atoms with E-state index in [9.17, 15) is 13.2 Å². The van der Waals surface area contributed by atoms with E-state index < -0.39 is 12.1 Å². The van der Waals surface area contributed by atoms with Gasteiger partial charge in [0, 0.05) is 81.1 Å². The van der Waals surface area contributed by atoms with Crippen LogP contribution in [0.15, 0.2) is 67.1 Å². The van der Waals surface area contributed by atoms with Gasteiger partial charge in [0.1, 0.15) is 11.6 Å². The minimum atomic E-state index is -5.08. The predicted octanol–water partition coefficient (Wildman–Crippen LogP) is 3.82. The van der Waals surface area contributed by atoms with Gasteiger partial charge in [-0.15, -0.1) is 0 Å². The van der Waals surface area contributed by atoms with Crippen LogP contribution in [-0.4, -0.2) is 107 Å². The molecule has 0 amide bonds. The number of alkyl halides is 3. The van der Waals surface area contributed by atoms with E-state index in [0.717, 1.165) is 97.9 Å². The van der Waals surface area contributed by atoms with Gasteiger partial charge in [-0.1, -0.05) is 24.3 Å². The highest BCUT2D eigenvalue weighted by Gasteiger charge is 2.38. The van der Waals surface area contributed by atoms with Gasteiger partial charge in [0.25, 0.3) is 0 Å². The molecule has 1 aromatic carbocycles. The number of carboxylic acids is 1. The zero-order chi connectivity index (χ0) is 33.3. The van der Waals surface area contributed by atoms with Gasteiger partial charge in [0.05, 0.1) is 36.8 Å². The van der Waals surface area contributed by atoms with Gasteiger partial charge in [0.2, 0.25) is 0 Å². The number of aliphatic carboxylic acids is 1. The SMILES string of the molecule is O=C(O)C(F)(F)F.c1ccc2nc(C3CN(c4cn5c(-c6ccc(N7CCNCC7)nc6)cnc(N6CCOCC6)c5n4)C3)ccc2c1. The van der Waals surface area contributed by atoms with E-state index in [1.807, 2.05) is 12.4 Å². The molecule has 48 heavy (non-hydrogen) atoms. The van der Waals surface area contributed by atoms with Crippen LogP contribution < -0.4 is 20.0 Å².